The Morgan fingerprint density at radius 1 is 1.17 bits per heavy atom. The van der Waals surface area contributed by atoms with Crippen molar-refractivity contribution in [1.82, 2.24) is 5.32 Å². The van der Waals surface area contributed by atoms with Gasteiger partial charge in [0.2, 0.25) is 17.7 Å². The van der Waals surface area contributed by atoms with Crippen LogP contribution in [0.5, 0.6) is 0 Å². The van der Waals surface area contributed by atoms with Crippen molar-refractivity contribution in [3.05, 3.63) is 59.4 Å². The zero-order valence-corrected chi connectivity index (χ0v) is 16.2. The summed E-state index contributed by atoms with van der Waals surface area (Å²) in [4.78, 5) is 40.1. The molecule has 2 aliphatic heterocycles. The van der Waals surface area contributed by atoms with E-state index in [-0.39, 0.29) is 30.0 Å². The van der Waals surface area contributed by atoms with Crippen LogP contribution < -0.4 is 15.1 Å². The first-order valence-electron chi connectivity index (χ1n) is 9.66. The molecule has 0 saturated carbocycles. The third kappa shape index (κ3) is 3.85. The number of hydrogen-bond donors (Lipinski definition) is 1. The summed E-state index contributed by atoms with van der Waals surface area (Å²) in [6.45, 7) is 2.81. The summed E-state index contributed by atoms with van der Waals surface area (Å²) in [5.74, 6) is -1.02. The third-order valence-corrected chi connectivity index (χ3v) is 5.53. The molecule has 2 aliphatic rings. The van der Waals surface area contributed by atoms with Gasteiger partial charge in [0.05, 0.1) is 5.92 Å². The van der Waals surface area contributed by atoms with Crippen LogP contribution in [0, 0.1) is 11.7 Å². The lowest BCUT2D eigenvalue weighted by Crippen LogP contribution is -2.32. The second-order valence-electron chi connectivity index (χ2n) is 7.48. The summed E-state index contributed by atoms with van der Waals surface area (Å²) in [7, 11) is 0. The van der Waals surface area contributed by atoms with Gasteiger partial charge in [-0.25, -0.2) is 4.39 Å². The topological polar surface area (TPSA) is 69.7 Å². The molecule has 2 heterocycles. The SMILES string of the molecule is CC(=O)N1CCc2cc(N3CC(C(=O)NCc4ccc(F)cc4)CC3=O)ccc21. The van der Waals surface area contributed by atoms with Crippen LogP contribution in [0.1, 0.15) is 24.5 Å². The third-order valence-electron chi connectivity index (χ3n) is 5.53. The molecule has 6 nitrogen and oxygen atoms in total. The Kier molecular flexibility index (Phi) is 5.05. The monoisotopic (exact) mass is 395 g/mol. The minimum Gasteiger partial charge on any atom is -0.352 e. The zero-order chi connectivity index (χ0) is 20.5. The summed E-state index contributed by atoms with van der Waals surface area (Å²) in [6.07, 6.45) is 0.915. The average Bonchev–Trinajstić information content (AvgIpc) is 3.30. The molecule has 2 aromatic rings. The molecule has 150 valence electrons. The molecule has 1 saturated heterocycles. The number of benzene rings is 2. The van der Waals surface area contributed by atoms with E-state index in [1.807, 2.05) is 18.2 Å². The van der Waals surface area contributed by atoms with Gasteiger partial charge in [0.1, 0.15) is 5.82 Å². The highest BCUT2D eigenvalue weighted by atomic mass is 19.1. The minimum absolute atomic E-state index is 0.00615. The second kappa shape index (κ2) is 7.66. The Bertz CT molecular complexity index is 974. The molecule has 4 rings (SSSR count). The van der Waals surface area contributed by atoms with Crippen molar-refractivity contribution in [2.24, 2.45) is 5.92 Å². The average molecular weight is 395 g/mol. The van der Waals surface area contributed by atoms with Gasteiger partial charge in [0.15, 0.2) is 0 Å². The zero-order valence-electron chi connectivity index (χ0n) is 16.2. The number of amides is 3. The van der Waals surface area contributed by atoms with Gasteiger partial charge in [-0.05, 0) is 47.9 Å². The number of nitrogens with zero attached hydrogens (tertiary/aromatic N) is 2. The molecule has 1 atom stereocenters. The Balaban J connectivity index is 1.41. The van der Waals surface area contributed by atoms with Crippen LogP contribution in [0.15, 0.2) is 42.5 Å². The molecule has 1 N–H and O–H groups in total. The van der Waals surface area contributed by atoms with Crippen molar-refractivity contribution in [2.45, 2.75) is 26.3 Å². The van der Waals surface area contributed by atoms with Crippen molar-refractivity contribution >= 4 is 29.1 Å². The predicted molar refractivity (Wildman–Crippen MR) is 107 cm³/mol. The van der Waals surface area contributed by atoms with Crippen molar-refractivity contribution in [3.8, 4) is 0 Å². The van der Waals surface area contributed by atoms with Crippen molar-refractivity contribution < 1.29 is 18.8 Å². The number of carbonyl (C=O) groups excluding carboxylic acids is 3. The van der Waals surface area contributed by atoms with Gasteiger partial charge in [-0.15, -0.1) is 0 Å². The van der Waals surface area contributed by atoms with E-state index in [0.717, 1.165) is 28.9 Å². The van der Waals surface area contributed by atoms with Crippen molar-refractivity contribution in [1.29, 1.82) is 0 Å². The number of carbonyl (C=O) groups is 3. The lowest BCUT2D eigenvalue weighted by atomic mass is 10.1. The highest BCUT2D eigenvalue weighted by Crippen LogP contribution is 2.34. The van der Waals surface area contributed by atoms with Gasteiger partial charge in [0.25, 0.3) is 0 Å². The number of anilines is 2. The van der Waals surface area contributed by atoms with Crippen molar-refractivity contribution in [3.63, 3.8) is 0 Å². The maximum absolute atomic E-state index is 13.0. The van der Waals surface area contributed by atoms with Gasteiger partial charge in [-0.2, -0.15) is 0 Å². The molecular formula is C22H22FN3O3. The van der Waals surface area contributed by atoms with Crippen LogP contribution in [0.3, 0.4) is 0 Å². The van der Waals surface area contributed by atoms with Crippen LogP contribution in [-0.2, 0) is 27.3 Å². The quantitative estimate of drug-likeness (QED) is 0.864. The first-order chi connectivity index (χ1) is 13.9. The van der Waals surface area contributed by atoms with E-state index >= 15 is 0 Å². The number of fused-ring (bicyclic) bond motifs is 1. The Morgan fingerprint density at radius 2 is 1.93 bits per heavy atom. The van der Waals surface area contributed by atoms with E-state index in [4.69, 9.17) is 0 Å². The molecule has 0 radical (unpaired) electrons. The van der Waals surface area contributed by atoms with Crippen LogP contribution in [0.4, 0.5) is 15.8 Å². The predicted octanol–water partition coefficient (Wildman–Crippen LogP) is 2.40. The van der Waals surface area contributed by atoms with Crippen LogP contribution in [0.25, 0.3) is 0 Å². The number of rotatable bonds is 4. The Labute approximate surface area is 168 Å². The summed E-state index contributed by atoms with van der Waals surface area (Å²) >= 11 is 0. The van der Waals surface area contributed by atoms with Crippen LogP contribution >= 0.6 is 0 Å². The van der Waals surface area contributed by atoms with E-state index < -0.39 is 5.92 Å². The first kappa shape index (κ1) is 19.1. The highest BCUT2D eigenvalue weighted by molar-refractivity contribution is 6.01. The molecule has 0 bridgehead atoms. The molecule has 0 spiro atoms. The standard InChI is InChI=1S/C22H22FN3O3/c1-14(27)25-9-8-16-10-19(6-7-20(16)25)26-13-17(11-21(26)28)22(29)24-12-15-2-4-18(23)5-3-15/h2-7,10,17H,8-9,11-13H2,1H3,(H,24,29). The molecule has 1 fully saturated rings. The molecule has 7 heteroatoms. The Morgan fingerprint density at radius 3 is 2.66 bits per heavy atom. The molecule has 29 heavy (non-hydrogen) atoms. The second-order valence-corrected chi connectivity index (χ2v) is 7.48. The fourth-order valence-corrected chi connectivity index (χ4v) is 3.95. The maximum Gasteiger partial charge on any atom is 0.227 e. The fourth-order valence-electron chi connectivity index (χ4n) is 3.95. The minimum atomic E-state index is -0.426. The molecule has 2 aromatic carbocycles. The summed E-state index contributed by atoms with van der Waals surface area (Å²) in [5, 5.41) is 2.83. The maximum atomic E-state index is 13.0. The van der Waals surface area contributed by atoms with E-state index in [9.17, 15) is 18.8 Å². The van der Waals surface area contributed by atoms with Gasteiger partial charge in [-0.3, -0.25) is 14.4 Å². The molecule has 0 aliphatic carbocycles. The van der Waals surface area contributed by atoms with Crippen LogP contribution in [0.2, 0.25) is 0 Å². The van der Waals surface area contributed by atoms with Gasteiger partial charge >= 0.3 is 0 Å². The largest absolute Gasteiger partial charge is 0.352 e. The number of halogens is 1. The molecule has 3 amide bonds. The summed E-state index contributed by atoms with van der Waals surface area (Å²) < 4.78 is 13.0. The highest BCUT2D eigenvalue weighted by Gasteiger charge is 2.35. The fraction of sp³-hybridized carbons (Fsp3) is 0.318. The van der Waals surface area contributed by atoms with Gasteiger partial charge in [0, 0.05) is 44.4 Å². The van der Waals surface area contributed by atoms with E-state index in [1.54, 1.807) is 28.9 Å². The van der Waals surface area contributed by atoms with Crippen LogP contribution in [-0.4, -0.2) is 30.8 Å². The number of nitrogens with one attached hydrogen (secondary N) is 1. The first-order valence-corrected chi connectivity index (χ1v) is 9.66. The Hall–Kier alpha value is -3.22. The summed E-state index contributed by atoms with van der Waals surface area (Å²) in [6, 6.07) is 11.6. The van der Waals surface area contributed by atoms with Gasteiger partial charge < -0.3 is 15.1 Å². The van der Waals surface area contributed by atoms with E-state index in [2.05, 4.69) is 5.32 Å². The molecule has 1 unspecified atom stereocenters. The molecule has 0 aromatic heterocycles. The van der Waals surface area contributed by atoms with E-state index in [1.165, 1.54) is 12.1 Å². The van der Waals surface area contributed by atoms with Crippen molar-refractivity contribution in [2.75, 3.05) is 22.9 Å². The smallest absolute Gasteiger partial charge is 0.227 e. The summed E-state index contributed by atoms with van der Waals surface area (Å²) in [5.41, 5.74) is 3.48. The van der Waals surface area contributed by atoms with E-state index in [0.29, 0.717) is 19.6 Å². The normalized spacial score (nSPS) is 18.1. The molecular weight excluding hydrogens is 373 g/mol. The lowest BCUT2D eigenvalue weighted by Gasteiger charge is -2.19. The lowest BCUT2D eigenvalue weighted by molar-refractivity contribution is -0.126. The number of hydrogen-bond acceptors (Lipinski definition) is 3. The van der Waals surface area contributed by atoms with Gasteiger partial charge in [-0.1, -0.05) is 12.1 Å².